The molecule has 1 aliphatic carbocycles. The Morgan fingerprint density at radius 3 is 2.35 bits per heavy atom. The predicted molar refractivity (Wildman–Crippen MR) is 127 cm³/mol. The summed E-state index contributed by atoms with van der Waals surface area (Å²) in [6.07, 6.45) is 5.20. The fraction of sp³-hybridized carbons (Fsp3) is 0.208. The van der Waals surface area contributed by atoms with E-state index in [0.717, 1.165) is 18.4 Å². The average molecular weight is 482 g/mol. The second kappa shape index (κ2) is 9.52. The second-order valence-corrected chi connectivity index (χ2v) is 9.53. The fourth-order valence-corrected chi connectivity index (χ4v) is 4.22. The fourth-order valence-electron chi connectivity index (χ4n) is 3.16. The van der Waals surface area contributed by atoms with Gasteiger partial charge in [0.15, 0.2) is 5.76 Å². The quantitative estimate of drug-likeness (QED) is 0.464. The van der Waals surface area contributed by atoms with Crippen molar-refractivity contribution in [2.45, 2.75) is 24.7 Å². The lowest BCUT2D eigenvalue weighted by Gasteiger charge is -2.09. The van der Waals surface area contributed by atoms with Crippen LogP contribution in [-0.2, 0) is 19.6 Å². The van der Waals surface area contributed by atoms with Crippen molar-refractivity contribution in [3.8, 4) is 0 Å². The summed E-state index contributed by atoms with van der Waals surface area (Å²) >= 11 is 0. The third kappa shape index (κ3) is 5.34. The molecule has 0 spiro atoms. The van der Waals surface area contributed by atoms with E-state index in [-0.39, 0.29) is 16.7 Å². The van der Waals surface area contributed by atoms with Crippen molar-refractivity contribution in [1.29, 1.82) is 0 Å². The Hall–Kier alpha value is -3.92. The molecule has 1 aliphatic rings. The number of nitrogens with zero attached hydrogens (tertiary/aromatic N) is 1. The minimum Gasteiger partial charge on any atom is -0.465 e. The summed E-state index contributed by atoms with van der Waals surface area (Å²) < 4.78 is 37.8. The van der Waals surface area contributed by atoms with Gasteiger partial charge in [0.1, 0.15) is 11.4 Å². The first-order valence-corrected chi connectivity index (χ1v) is 12.0. The van der Waals surface area contributed by atoms with Crippen molar-refractivity contribution in [2.75, 3.05) is 17.1 Å². The van der Waals surface area contributed by atoms with Crippen LogP contribution in [0.2, 0.25) is 0 Å². The van der Waals surface area contributed by atoms with Crippen LogP contribution in [0.25, 0.3) is 12.2 Å². The summed E-state index contributed by atoms with van der Waals surface area (Å²) in [5, 5.41) is 6.78. The van der Waals surface area contributed by atoms with Crippen LogP contribution in [-0.4, -0.2) is 32.6 Å². The lowest BCUT2D eigenvalue weighted by molar-refractivity contribution is -0.117. The topological polar surface area (TPSA) is 128 Å². The zero-order valence-electron chi connectivity index (χ0n) is 18.6. The Kier molecular flexibility index (Phi) is 6.51. The molecule has 0 unspecified atom stereocenters. The predicted octanol–water partition coefficient (Wildman–Crippen LogP) is 4.09. The number of amides is 1. The van der Waals surface area contributed by atoms with Crippen LogP contribution >= 0.6 is 0 Å². The molecule has 1 saturated carbocycles. The van der Waals surface area contributed by atoms with Crippen LogP contribution in [0, 0.1) is 12.8 Å². The van der Waals surface area contributed by atoms with Crippen LogP contribution in [0.1, 0.15) is 40.2 Å². The molecule has 0 atom stereocenters. The van der Waals surface area contributed by atoms with Gasteiger partial charge in [-0.3, -0.25) is 9.52 Å². The van der Waals surface area contributed by atoms with E-state index in [1.54, 1.807) is 31.2 Å². The Balaban J connectivity index is 1.44. The number of carbonyl (C=O) groups excluding carboxylic acids is 2. The van der Waals surface area contributed by atoms with Gasteiger partial charge in [-0.05, 0) is 67.8 Å². The number of aromatic nitrogens is 1. The highest BCUT2D eigenvalue weighted by Gasteiger charge is 2.30. The highest BCUT2D eigenvalue weighted by Crippen LogP contribution is 2.32. The summed E-state index contributed by atoms with van der Waals surface area (Å²) in [6.45, 7) is 1.75. The van der Waals surface area contributed by atoms with E-state index in [0.29, 0.717) is 28.4 Å². The number of hydrogen-bond donors (Lipinski definition) is 2. The first kappa shape index (κ1) is 23.2. The van der Waals surface area contributed by atoms with Gasteiger partial charge in [0.25, 0.3) is 10.0 Å². The van der Waals surface area contributed by atoms with E-state index in [1.165, 1.54) is 43.5 Å². The minimum absolute atomic E-state index is 0.0389. The van der Waals surface area contributed by atoms with Gasteiger partial charge >= 0.3 is 5.97 Å². The van der Waals surface area contributed by atoms with Crippen LogP contribution in [0.3, 0.4) is 0 Å². The maximum atomic E-state index is 12.7. The van der Waals surface area contributed by atoms with E-state index in [9.17, 15) is 18.0 Å². The summed E-state index contributed by atoms with van der Waals surface area (Å²) in [5.41, 5.74) is 2.49. The van der Waals surface area contributed by atoms with Crippen molar-refractivity contribution in [2.24, 2.45) is 5.92 Å². The number of esters is 1. The molecule has 9 nitrogen and oxygen atoms in total. The second-order valence-electron chi connectivity index (χ2n) is 7.85. The molecule has 1 heterocycles. The average Bonchev–Trinajstić information content (AvgIpc) is 3.63. The molecule has 0 saturated heterocycles. The molecule has 1 aromatic heterocycles. The number of methoxy groups -OCH3 is 1. The highest BCUT2D eigenvalue weighted by atomic mass is 32.2. The number of sulfonamides is 1. The number of nitrogens with one attached hydrogen (secondary N) is 2. The SMILES string of the molecule is COC(=O)c1ccc(NS(=O)(=O)c2ccc(C=Cc3onc(C)c3NC(=O)C3CC3)cc2)cc1. The monoisotopic (exact) mass is 481 g/mol. The smallest absolute Gasteiger partial charge is 0.337 e. The number of hydrogen-bond acceptors (Lipinski definition) is 7. The molecule has 0 aliphatic heterocycles. The van der Waals surface area contributed by atoms with Gasteiger partial charge in [0, 0.05) is 11.6 Å². The van der Waals surface area contributed by atoms with Crippen molar-refractivity contribution in [3.63, 3.8) is 0 Å². The number of benzene rings is 2. The van der Waals surface area contributed by atoms with Gasteiger partial charge in [-0.15, -0.1) is 0 Å². The lowest BCUT2D eigenvalue weighted by Crippen LogP contribution is -2.14. The maximum Gasteiger partial charge on any atom is 0.337 e. The molecule has 4 rings (SSSR count). The van der Waals surface area contributed by atoms with Crippen molar-refractivity contribution in [1.82, 2.24) is 5.16 Å². The summed E-state index contributed by atoms with van der Waals surface area (Å²) in [5.74, 6) is -0.0702. The Morgan fingerprint density at radius 1 is 1.06 bits per heavy atom. The third-order valence-electron chi connectivity index (χ3n) is 5.26. The number of aryl methyl sites for hydroxylation is 1. The Bertz CT molecular complexity index is 1340. The van der Waals surface area contributed by atoms with Crippen LogP contribution in [0.5, 0.6) is 0 Å². The molecule has 1 fully saturated rings. The van der Waals surface area contributed by atoms with Crippen LogP contribution in [0.4, 0.5) is 11.4 Å². The molecule has 0 radical (unpaired) electrons. The minimum atomic E-state index is -3.82. The molecule has 1 amide bonds. The number of anilines is 2. The van der Waals surface area contributed by atoms with E-state index < -0.39 is 16.0 Å². The largest absolute Gasteiger partial charge is 0.465 e. The zero-order valence-corrected chi connectivity index (χ0v) is 19.4. The maximum absolute atomic E-state index is 12.7. The van der Waals surface area contributed by atoms with E-state index >= 15 is 0 Å². The molecule has 0 bridgehead atoms. The molecular formula is C24H23N3O6S. The normalized spacial score (nSPS) is 13.6. The molecule has 10 heteroatoms. The first-order chi connectivity index (χ1) is 16.3. The van der Waals surface area contributed by atoms with Gasteiger partial charge in [-0.25, -0.2) is 13.2 Å². The molecule has 3 aromatic rings. The van der Waals surface area contributed by atoms with Crippen LogP contribution in [0.15, 0.2) is 57.9 Å². The molecule has 176 valence electrons. The Morgan fingerprint density at radius 2 is 1.74 bits per heavy atom. The van der Waals surface area contributed by atoms with Crippen molar-refractivity contribution in [3.05, 3.63) is 71.1 Å². The summed E-state index contributed by atoms with van der Waals surface area (Å²) in [7, 11) is -2.55. The van der Waals surface area contributed by atoms with Crippen molar-refractivity contribution < 1.29 is 27.3 Å². The van der Waals surface area contributed by atoms with Gasteiger partial charge in [-0.2, -0.15) is 0 Å². The molecule has 2 aromatic carbocycles. The van der Waals surface area contributed by atoms with Gasteiger partial charge < -0.3 is 14.6 Å². The Labute approximate surface area is 196 Å². The van der Waals surface area contributed by atoms with Gasteiger partial charge in [-0.1, -0.05) is 23.4 Å². The van der Waals surface area contributed by atoms with E-state index in [4.69, 9.17) is 4.52 Å². The number of rotatable bonds is 8. The van der Waals surface area contributed by atoms with Gasteiger partial charge in [0.2, 0.25) is 5.91 Å². The molecule has 2 N–H and O–H groups in total. The highest BCUT2D eigenvalue weighted by molar-refractivity contribution is 7.92. The number of carbonyl (C=O) groups is 2. The van der Waals surface area contributed by atoms with E-state index in [1.807, 2.05) is 0 Å². The summed E-state index contributed by atoms with van der Waals surface area (Å²) in [4.78, 5) is 23.7. The van der Waals surface area contributed by atoms with Crippen LogP contribution < -0.4 is 10.0 Å². The lowest BCUT2D eigenvalue weighted by atomic mass is 10.2. The number of ether oxygens (including phenoxy) is 1. The van der Waals surface area contributed by atoms with E-state index in [2.05, 4.69) is 19.9 Å². The molecule has 34 heavy (non-hydrogen) atoms. The summed E-state index contributed by atoms with van der Waals surface area (Å²) in [6, 6.07) is 12.2. The van der Waals surface area contributed by atoms with Crippen molar-refractivity contribution >= 4 is 45.4 Å². The zero-order chi connectivity index (χ0) is 24.3. The third-order valence-corrected chi connectivity index (χ3v) is 6.66. The standard InChI is InChI=1S/C24H23N3O6S/c1-15-22(25-23(28)17-6-7-17)21(33-26-15)14-5-16-3-12-20(13-4-16)34(30,31)27-19-10-8-18(9-11-19)24(29)32-2/h3-5,8-14,17,27H,6-7H2,1-2H3,(H,25,28). The first-order valence-electron chi connectivity index (χ1n) is 10.5. The van der Waals surface area contributed by atoms with Gasteiger partial charge in [0.05, 0.1) is 17.6 Å². The molecular weight excluding hydrogens is 458 g/mol.